The Hall–Kier alpha value is -3.09. The predicted molar refractivity (Wildman–Crippen MR) is 128 cm³/mol. The van der Waals surface area contributed by atoms with E-state index in [1.54, 1.807) is 6.07 Å². The molecule has 0 aliphatic carbocycles. The third kappa shape index (κ3) is 4.16. The normalized spacial score (nSPS) is 11.5. The molecule has 164 valence electrons. The number of hydrogen-bond acceptors (Lipinski definition) is 8. The Kier molecular flexibility index (Phi) is 5.84. The molecule has 0 saturated carbocycles. The summed E-state index contributed by atoms with van der Waals surface area (Å²) >= 11 is 4.71. The average molecular weight is 533 g/mol. The molecular formula is C20H17BrN6O3S2. The monoisotopic (exact) mass is 532 g/mol. The van der Waals surface area contributed by atoms with Crippen molar-refractivity contribution in [1.29, 1.82) is 0 Å². The zero-order valence-electron chi connectivity index (χ0n) is 16.9. The number of nitrogens with two attached hydrogens (primary N) is 1. The molecular weight excluding hydrogens is 516 g/mol. The van der Waals surface area contributed by atoms with Crippen molar-refractivity contribution in [1.82, 2.24) is 15.0 Å². The first-order valence-corrected chi connectivity index (χ1v) is 12.3. The Morgan fingerprint density at radius 1 is 1.12 bits per heavy atom. The van der Waals surface area contributed by atoms with E-state index in [0.717, 1.165) is 21.1 Å². The number of aryl methyl sites for hydroxylation is 2. The van der Waals surface area contributed by atoms with Crippen LogP contribution in [0.15, 0.2) is 52.1 Å². The zero-order chi connectivity index (χ0) is 23.0. The van der Waals surface area contributed by atoms with Crippen LogP contribution in [0.5, 0.6) is 0 Å². The zero-order valence-corrected chi connectivity index (χ0v) is 20.1. The molecule has 0 spiro atoms. The van der Waals surface area contributed by atoms with E-state index in [4.69, 9.17) is 5.73 Å². The summed E-state index contributed by atoms with van der Waals surface area (Å²) in [7, 11) is -3.87. The van der Waals surface area contributed by atoms with Gasteiger partial charge in [0.05, 0.1) is 16.3 Å². The quantitative estimate of drug-likeness (QED) is 0.351. The highest BCUT2D eigenvalue weighted by molar-refractivity contribution is 9.10. The second-order valence-electron chi connectivity index (χ2n) is 6.82. The molecule has 3 heterocycles. The number of thiophene rings is 1. The summed E-state index contributed by atoms with van der Waals surface area (Å²) in [6, 6.07) is 7.32. The molecule has 4 N–H and O–H groups in total. The number of benzene rings is 1. The van der Waals surface area contributed by atoms with Crippen LogP contribution in [0, 0.1) is 13.8 Å². The lowest BCUT2D eigenvalue weighted by Gasteiger charge is -2.08. The van der Waals surface area contributed by atoms with Crippen LogP contribution in [0.4, 0.5) is 17.3 Å². The summed E-state index contributed by atoms with van der Waals surface area (Å²) in [6.45, 7) is 3.79. The van der Waals surface area contributed by atoms with Gasteiger partial charge in [-0.05, 0) is 65.7 Å². The number of halogens is 1. The fourth-order valence-electron chi connectivity index (χ4n) is 3.06. The number of amides is 1. The van der Waals surface area contributed by atoms with Crippen molar-refractivity contribution in [2.45, 2.75) is 18.7 Å². The van der Waals surface area contributed by atoms with Gasteiger partial charge in [0.1, 0.15) is 9.71 Å². The molecule has 0 unspecified atom stereocenters. The van der Waals surface area contributed by atoms with E-state index >= 15 is 0 Å². The Bertz CT molecular complexity index is 1440. The molecule has 0 aliphatic heterocycles. The summed E-state index contributed by atoms with van der Waals surface area (Å²) in [5, 5.41) is 3.49. The standard InChI is InChI=1S/C20H17BrN6O3S2/c1-10-14-16(22)17(31-19(14)25-11(2)15(10)21)18(28)26-12-4-6-13(7-5-12)32(29,30)27-20-23-8-3-9-24-20/h3-9H,22H2,1-2H3,(H,26,28)(H,23,24,27). The maximum Gasteiger partial charge on any atom is 0.267 e. The summed E-state index contributed by atoms with van der Waals surface area (Å²) in [4.78, 5) is 26.1. The molecule has 4 rings (SSSR count). The van der Waals surface area contributed by atoms with Gasteiger partial charge in [0.25, 0.3) is 15.9 Å². The van der Waals surface area contributed by atoms with Crippen LogP contribution in [0.3, 0.4) is 0 Å². The van der Waals surface area contributed by atoms with Crippen LogP contribution in [0.1, 0.15) is 20.9 Å². The van der Waals surface area contributed by atoms with Gasteiger partial charge in [-0.15, -0.1) is 11.3 Å². The highest BCUT2D eigenvalue weighted by Gasteiger charge is 2.21. The molecule has 0 atom stereocenters. The minimum absolute atomic E-state index is 0.00415. The second-order valence-corrected chi connectivity index (χ2v) is 10.3. The molecule has 0 saturated heterocycles. The third-order valence-corrected chi connectivity index (χ3v) is 8.25. The number of nitrogens with zero attached hydrogens (tertiary/aromatic N) is 3. The molecule has 3 aromatic heterocycles. The van der Waals surface area contributed by atoms with Gasteiger partial charge in [0, 0.05) is 27.9 Å². The Labute approximate surface area is 196 Å². The number of nitrogen functional groups attached to an aromatic ring is 1. The van der Waals surface area contributed by atoms with E-state index in [2.05, 4.69) is 40.9 Å². The predicted octanol–water partition coefficient (Wildman–Crippen LogP) is 4.10. The molecule has 32 heavy (non-hydrogen) atoms. The Morgan fingerprint density at radius 2 is 1.78 bits per heavy atom. The molecule has 1 aromatic carbocycles. The average Bonchev–Trinajstić information content (AvgIpc) is 3.09. The van der Waals surface area contributed by atoms with Crippen LogP contribution in [-0.2, 0) is 10.0 Å². The maximum atomic E-state index is 12.8. The van der Waals surface area contributed by atoms with Gasteiger partial charge in [-0.3, -0.25) is 4.79 Å². The lowest BCUT2D eigenvalue weighted by molar-refractivity contribution is 0.103. The fourth-order valence-corrected chi connectivity index (χ4v) is 5.40. The molecule has 12 heteroatoms. The van der Waals surface area contributed by atoms with Gasteiger partial charge in [-0.2, -0.15) is 0 Å². The van der Waals surface area contributed by atoms with Gasteiger partial charge in [-0.25, -0.2) is 28.1 Å². The van der Waals surface area contributed by atoms with Crippen molar-refractivity contribution in [2.24, 2.45) is 0 Å². The van der Waals surface area contributed by atoms with E-state index in [1.807, 2.05) is 13.8 Å². The van der Waals surface area contributed by atoms with Crippen molar-refractivity contribution >= 4 is 70.7 Å². The smallest absolute Gasteiger partial charge is 0.267 e. The highest BCUT2D eigenvalue weighted by Crippen LogP contribution is 2.38. The first-order chi connectivity index (χ1) is 15.2. The number of hydrogen-bond donors (Lipinski definition) is 3. The third-order valence-electron chi connectivity index (χ3n) is 4.64. The Balaban J connectivity index is 1.56. The second kappa shape index (κ2) is 8.45. The first kappa shape index (κ1) is 22.1. The molecule has 0 aliphatic rings. The van der Waals surface area contributed by atoms with Crippen LogP contribution >= 0.6 is 27.3 Å². The fraction of sp³-hybridized carbons (Fsp3) is 0.100. The molecule has 9 nitrogen and oxygen atoms in total. The topological polar surface area (TPSA) is 140 Å². The van der Waals surface area contributed by atoms with E-state index in [0.29, 0.717) is 21.1 Å². The molecule has 1 amide bonds. The number of carbonyl (C=O) groups is 1. The van der Waals surface area contributed by atoms with Crippen LogP contribution in [0.2, 0.25) is 0 Å². The van der Waals surface area contributed by atoms with Crippen LogP contribution in [0.25, 0.3) is 10.2 Å². The number of aromatic nitrogens is 3. The number of fused-ring (bicyclic) bond motifs is 1. The Morgan fingerprint density at radius 3 is 2.44 bits per heavy atom. The number of rotatable bonds is 5. The van der Waals surface area contributed by atoms with E-state index in [1.165, 1.54) is 48.0 Å². The molecule has 4 aromatic rings. The number of pyridine rings is 1. The largest absolute Gasteiger partial charge is 0.397 e. The number of nitrogens with one attached hydrogen (secondary N) is 2. The van der Waals surface area contributed by atoms with Gasteiger partial charge in [-0.1, -0.05) is 0 Å². The molecule has 0 fully saturated rings. The van der Waals surface area contributed by atoms with Crippen molar-refractivity contribution in [2.75, 3.05) is 15.8 Å². The van der Waals surface area contributed by atoms with E-state index in [9.17, 15) is 13.2 Å². The van der Waals surface area contributed by atoms with Crippen molar-refractivity contribution in [3.05, 3.63) is 63.3 Å². The maximum absolute atomic E-state index is 12.8. The minimum atomic E-state index is -3.87. The van der Waals surface area contributed by atoms with Crippen LogP contribution < -0.4 is 15.8 Å². The highest BCUT2D eigenvalue weighted by atomic mass is 79.9. The summed E-state index contributed by atoms with van der Waals surface area (Å²) < 4.78 is 28.1. The van der Waals surface area contributed by atoms with Crippen molar-refractivity contribution in [3.63, 3.8) is 0 Å². The molecule has 0 radical (unpaired) electrons. The lowest BCUT2D eigenvalue weighted by atomic mass is 10.1. The number of carbonyl (C=O) groups excluding carboxylic acids is 1. The van der Waals surface area contributed by atoms with Crippen LogP contribution in [-0.4, -0.2) is 29.3 Å². The summed E-state index contributed by atoms with van der Waals surface area (Å²) in [5.41, 5.74) is 8.77. The minimum Gasteiger partial charge on any atom is -0.397 e. The summed E-state index contributed by atoms with van der Waals surface area (Å²) in [6.07, 6.45) is 2.86. The van der Waals surface area contributed by atoms with Gasteiger partial charge >= 0.3 is 0 Å². The number of anilines is 3. The molecule has 0 bridgehead atoms. The van der Waals surface area contributed by atoms with Gasteiger partial charge < -0.3 is 11.1 Å². The first-order valence-electron chi connectivity index (χ1n) is 9.23. The number of sulfonamides is 1. The van der Waals surface area contributed by atoms with Crippen molar-refractivity contribution in [3.8, 4) is 0 Å². The lowest BCUT2D eigenvalue weighted by Crippen LogP contribution is -2.15. The summed E-state index contributed by atoms with van der Waals surface area (Å²) in [5.74, 6) is -0.430. The van der Waals surface area contributed by atoms with Gasteiger partial charge in [0.2, 0.25) is 5.95 Å². The van der Waals surface area contributed by atoms with E-state index in [-0.39, 0.29) is 10.8 Å². The van der Waals surface area contributed by atoms with Crippen molar-refractivity contribution < 1.29 is 13.2 Å². The van der Waals surface area contributed by atoms with E-state index < -0.39 is 15.9 Å². The SMILES string of the molecule is Cc1nc2sc(C(=O)Nc3ccc(S(=O)(=O)Nc4ncccn4)cc3)c(N)c2c(C)c1Br. The van der Waals surface area contributed by atoms with Gasteiger partial charge in [0.15, 0.2) is 0 Å².